The topological polar surface area (TPSA) is 72.3 Å². The maximum atomic E-state index is 11.2. The van der Waals surface area contributed by atoms with E-state index in [0.29, 0.717) is 28.6 Å². The summed E-state index contributed by atoms with van der Waals surface area (Å²) in [6.45, 7) is 0. The Labute approximate surface area is 369 Å². The SMILES string of the molecule is N#Cc1cc(-n2c3ccccc3c3cc(-c4ccccc4)ccc32)c(-n2c3ccccc3c3cc(-c4ccccc4)ccc32)cc1-c1nc(-c2ccccc2)nc(-c2ccccc2)n1. The van der Waals surface area contributed by atoms with Crippen LogP contribution in [0.3, 0.4) is 0 Å². The summed E-state index contributed by atoms with van der Waals surface area (Å²) >= 11 is 0. The Bertz CT molecular complexity index is 3710. The van der Waals surface area contributed by atoms with Gasteiger partial charge in [0.1, 0.15) is 0 Å². The lowest BCUT2D eigenvalue weighted by Gasteiger charge is -2.19. The first kappa shape index (κ1) is 36.9. The number of aromatic nitrogens is 5. The average Bonchev–Trinajstić information content (AvgIpc) is 3.89. The fraction of sp³-hybridized carbons (Fsp3) is 0. The average molecular weight is 817 g/mol. The van der Waals surface area contributed by atoms with Gasteiger partial charge in [0.2, 0.25) is 0 Å². The highest BCUT2D eigenvalue weighted by atomic mass is 15.1. The summed E-state index contributed by atoms with van der Waals surface area (Å²) in [4.78, 5) is 15.3. The van der Waals surface area contributed by atoms with Gasteiger partial charge in [-0.15, -0.1) is 0 Å². The van der Waals surface area contributed by atoms with Gasteiger partial charge in [-0.25, -0.2) is 15.0 Å². The summed E-state index contributed by atoms with van der Waals surface area (Å²) in [5.41, 5.74) is 13.2. The Kier molecular flexibility index (Phi) is 8.77. The number of benzene rings is 9. The first-order valence-corrected chi connectivity index (χ1v) is 21.3. The predicted molar refractivity (Wildman–Crippen MR) is 260 cm³/mol. The van der Waals surface area contributed by atoms with Crippen molar-refractivity contribution in [1.29, 1.82) is 5.26 Å². The molecule has 0 unspecified atom stereocenters. The van der Waals surface area contributed by atoms with Gasteiger partial charge in [-0.2, -0.15) is 5.26 Å². The molecule has 0 atom stereocenters. The highest BCUT2D eigenvalue weighted by molar-refractivity contribution is 6.13. The molecule has 0 aliphatic rings. The van der Waals surface area contributed by atoms with Crippen LogP contribution in [-0.2, 0) is 0 Å². The van der Waals surface area contributed by atoms with E-state index in [9.17, 15) is 5.26 Å². The molecule has 3 heterocycles. The van der Waals surface area contributed by atoms with Crippen molar-refractivity contribution >= 4 is 43.6 Å². The molecule has 0 spiro atoms. The fourth-order valence-electron chi connectivity index (χ4n) is 9.23. The van der Waals surface area contributed by atoms with Crippen LogP contribution in [0.1, 0.15) is 5.56 Å². The Balaban J connectivity index is 1.19. The van der Waals surface area contributed by atoms with E-state index < -0.39 is 0 Å². The first-order valence-electron chi connectivity index (χ1n) is 21.3. The highest BCUT2D eigenvalue weighted by Crippen LogP contribution is 2.42. The van der Waals surface area contributed by atoms with Crippen LogP contribution in [0, 0.1) is 11.3 Å². The molecule has 3 aromatic heterocycles. The van der Waals surface area contributed by atoms with Crippen molar-refractivity contribution < 1.29 is 0 Å². The lowest BCUT2D eigenvalue weighted by atomic mass is 10.0. The summed E-state index contributed by atoms with van der Waals surface area (Å²) in [7, 11) is 0. The number of hydrogen-bond acceptors (Lipinski definition) is 4. The van der Waals surface area contributed by atoms with E-state index in [1.54, 1.807) is 0 Å². The number of fused-ring (bicyclic) bond motifs is 6. The molecule has 12 aromatic rings. The maximum absolute atomic E-state index is 11.2. The molecule has 6 heteroatoms. The Hall–Kier alpha value is -8.92. The second kappa shape index (κ2) is 15.2. The van der Waals surface area contributed by atoms with Gasteiger partial charge in [0.05, 0.1) is 45.1 Å². The molecule has 0 aliphatic heterocycles. The molecular weight excluding hydrogens is 781 g/mol. The molecule has 0 radical (unpaired) electrons. The number of rotatable bonds is 7. The number of hydrogen-bond donors (Lipinski definition) is 0. The largest absolute Gasteiger partial charge is 0.307 e. The van der Waals surface area contributed by atoms with Crippen LogP contribution in [0.2, 0.25) is 0 Å². The summed E-state index contributed by atoms with van der Waals surface area (Å²) in [6, 6.07) is 78.1. The van der Waals surface area contributed by atoms with Crippen LogP contribution in [0.4, 0.5) is 0 Å². The molecule has 0 amide bonds. The lowest BCUT2D eigenvalue weighted by Crippen LogP contribution is -2.07. The predicted octanol–water partition coefficient (Wildman–Crippen LogP) is 14.3. The second-order valence-corrected chi connectivity index (χ2v) is 15.9. The normalized spacial score (nSPS) is 11.4. The van der Waals surface area contributed by atoms with Crippen molar-refractivity contribution in [2.24, 2.45) is 0 Å². The fourth-order valence-corrected chi connectivity index (χ4v) is 9.23. The van der Waals surface area contributed by atoms with Crippen molar-refractivity contribution in [3.63, 3.8) is 0 Å². The number of nitrogens with zero attached hydrogens (tertiary/aromatic N) is 6. The van der Waals surface area contributed by atoms with Crippen LogP contribution in [0.5, 0.6) is 0 Å². The molecular formula is C58H36N6. The molecule has 0 bridgehead atoms. The first-order chi connectivity index (χ1) is 31.7. The maximum Gasteiger partial charge on any atom is 0.165 e. The Morgan fingerprint density at radius 2 is 0.688 bits per heavy atom. The zero-order chi connectivity index (χ0) is 42.6. The number of nitriles is 1. The second-order valence-electron chi connectivity index (χ2n) is 15.9. The molecule has 6 nitrogen and oxygen atoms in total. The van der Waals surface area contributed by atoms with E-state index in [-0.39, 0.29) is 0 Å². The molecule has 0 saturated heterocycles. The van der Waals surface area contributed by atoms with Crippen LogP contribution in [-0.4, -0.2) is 24.1 Å². The third kappa shape index (κ3) is 6.14. The third-order valence-electron chi connectivity index (χ3n) is 12.2. The monoisotopic (exact) mass is 816 g/mol. The smallest absolute Gasteiger partial charge is 0.165 e. The van der Waals surface area contributed by atoms with Crippen molar-refractivity contribution in [3.8, 4) is 73.9 Å². The standard InChI is InChI=1S/C58H36N6/c59-37-44-35-54(63-50-27-15-13-25-45(50)48-33-42(29-31-52(48)63)38-17-5-1-6-18-38)55(64-51-28-16-14-26-46(51)49-34-43(30-32-53(49)64)39-19-7-2-8-20-39)36-47(44)58-61-56(40-21-9-3-10-22-40)60-57(62-58)41-23-11-4-12-24-41/h1-36H. The van der Waals surface area contributed by atoms with Crippen LogP contribution in [0.25, 0.3) is 111 Å². The quantitative estimate of drug-likeness (QED) is 0.161. The summed E-state index contributed by atoms with van der Waals surface area (Å²) in [5.74, 6) is 1.47. The van der Waals surface area contributed by atoms with E-state index in [4.69, 9.17) is 15.0 Å². The lowest BCUT2D eigenvalue weighted by molar-refractivity contribution is 1.06. The molecule has 9 aromatic carbocycles. The van der Waals surface area contributed by atoms with Crippen LogP contribution >= 0.6 is 0 Å². The van der Waals surface area contributed by atoms with Gasteiger partial charge in [0.15, 0.2) is 17.5 Å². The van der Waals surface area contributed by atoms with Crippen LogP contribution < -0.4 is 0 Å². The molecule has 64 heavy (non-hydrogen) atoms. The summed E-state index contributed by atoms with van der Waals surface area (Å²) in [6.07, 6.45) is 0. The molecule has 12 rings (SSSR count). The molecule has 298 valence electrons. The van der Waals surface area contributed by atoms with Gasteiger partial charge in [0, 0.05) is 38.2 Å². The minimum absolute atomic E-state index is 0.416. The molecule has 0 fully saturated rings. The van der Waals surface area contributed by atoms with E-state index in [2.05, 4.69) is 155 Å². The van der Waals surface area contributed by atoms with Gasteiger partial charge in [-0.3, -0.25) is 0 Å². The van der Waals surface area contributed by atoms with Gasteiger partial charge < -0.3 is 9.13 Å². The van der Waals surface area contributed by atoms with Gasteiger partial charge in [-0.1, -0.05) is 170 Å². The Morgan fingerprint density at radius 1 is 0.312 bits per heavy atom. The minimum Gasteiger partial charge on any atom is -0.307 e. The number of para-hydroxylation sites is 2. The molecule has 0 N–H and O–H groups in total. The van der Waals surface area contributed by atoms with Gasteiger partial charge in [0.25, 0.3) is 0 Å². The highest BCUT2D eigenvalue weighted by Gasteiger charge is 2.24. The van der Waals surface area contributed by atoms with Crippen LogP contribution in [0.15, 0.2) is 218 Å². The van der Waals surface area contributed by atoms with Crippen molar-refractivity contribution in [3.05, 3.63) is 224 Å². The Morgan fingerprint density at radius 3 is 1.14 bits per heavy atom. The van der Waals surface area contributed by atoms with E-state index in [0.717, 1.165) is 88.4 Å². The van der Waals surface area contributed by atoms with Gasteiger partial charge >= 0.3 is 0 Å². The molecule has 0 aliphatic carbocycles. The van der Waals surface area contributed by atoms with E-state index in [1.165, 1.54) is 0 Å². The van der Waals surface area contributed by atoms with Crippen molar-refractivity contribution in [2.45, 2.75) is 0 Å². The minimum atomic E-state index is 0.416. The zero-order valence-corrected chi connectivity index (χ0v) is 34.5. The van der Waals surface area contributed by atoms with Gasteiger partial charge in [-0.05, 0) is 70.8 Å². The van der Waals surface area contributed by atoms with E-state index >= 15 is 0 Å². The van der Waals surface area contributed by atoms with E-state index in [1.807, 2.05) is 78.9 Å². The summed E-state index contributed by atoms with van der Waals surface area (Å²) < 4.78 is 4.66. The third-order valence-corrected chi connectivity index (χ3v) is 12.2. The van der Waals surface area contributed by atoms with Crippen molar-refractivity contribution in [2.75, 3.05) is 0 Å². The zero-order valence-electron chi connectivity index (χ0n) is 34.5. The van der Waals surface area contributed by atoms with Crippen molar-refractivity contribution in [1.82, 2.24) is 24.1 Å². The summed E-state index contributed by atoms with van der Waals surface area (Å²) in [5, 5.41) is 15.7. The molecule has 0 saturated carbocycles.